The standard InChI is InChI=1S/C10H12N2/c1-9(11)7-8-12-10-5-3-2-4-6-10/h2-8H,11H2,1H3/b9-7-,12-8?. The molecule has 0 unspecified atom stereocenters. The summed E-state index contributed by atoms with van der Waals surface area (Å²) in [6.45, 7) is 1.83. The van der Waals surface area contributed by atoms with Crippen molar-refractivity contribution in [2.24, 2.45) is 10.7 Å². The molecule has 0 aromatic heterocycles. The van der Waals surface area contributed by atoms with Gasteiger partial charge in [0, 0.05) is 11.9 Å². The molecule has 1 rings (SSSR count). The molecule has 62 valence electrons. The van der Waals surface area contributed by atoms with E-state index < -0.39 is 0 Å². The lowest BCUT2D eigenvalue weighted by Gasteiger charge is -1.88. The van der Waals surface area contributed by atoms with Crippen LogP contribution in [-0.4, -0.2) is 6.21 Å². The van der Waals surface area contributed by atoms with Crippen molar-refractivity contribution in [3.63, 3.8) is 0 Å². The number of nitrogens with two attached hydrogens (primary N) is 1. The van der Waals surface area contributed by atoms with Gasteiger partial charge in [-0.25, -0.2) is 0 Å². The molecule has 0 bridgehead atoms. The number of hydrogen-bond donors (Lipinski definition) is 1. The Bertz CT molecular complexity index is 282. The highest BCUT2D eigenvalue weighted by Crippen LogP contribution is 2.08. The molecule has 2 N–H and O–H groups in total. The van der Waals surface area contributed by atoms with Crippen molar-refractivity contribution in [2.45, 2.75) is 6.92 Å². The van der Waals surface area contributed by atoms with E-state index in [1.54, 1.807) is 12.3 Å². The Kier molecular flexibility index (Phi) is 3.08. The fourth-order valence-corrected chi connectivity index (χ4v) is 0.755. The van der Waals surface area contributed by atoms with Gasteiger partial charge in [0.2, 0.25) is 0 Å². The van der Waals surface area contributed by atoms with Crippen LogP contribution < -0.4 is 5.73 Å². The second-order valence-electron chi connectivity index (χ2n) is 2.52. The minimum atomic E-state index is 0.759. The lowest BCUT2D eigenvalue weighted by atomic mass is 10.3. The number of hydrogen-bond acceptors (Lipinski definition) is 2. The minimum absolute atomic E-state index is 0.759. The molecule has 12 heavy (non-hydrogen) atoms. The third kappa shape index (κ3) is 3.01. The summed E-state index contributed by atoms with van der Waals surface area (Å²) in [4.78, 5) is 4.16. The fourth-order valence-electron chi connectivity index (χ4n) is 0.755. The van der Waals surface area contributed by atoms with Crippen LogP contribution in [0.1, 0.15) is 6.92 Å². The minimum Gasteiger partial charge on any atom is -0.402 e. The van der Waals surface area contributed by atoms with Crippen LogP contribution in [0.15, 0.2) is 47.1 Å². The van der Waals surface area contributed by atoms with Crippen molar-refractivity contribution in [1.29, 1.82) is 0 Å². The summed E-state index contributed by atoms with van der Waals surface area (Å²) in [6.07, 6.45) is 3.47. The molecule has 0 aliphatic heterocycles. The predicted molar refractivity (Wildman–Crippen MR) is 52.5 cm³/mol. The Morgan fingerprint density at radius 1 is 1.33 bits per heavy atom. The number of nitrogens with zero attached hydrogens (tertiary/aromatic N) is 1. The van der Waals surface area contributed by atoms with E-state index >= 15 is 0 Å². The first kappa shape index (κ1) is 8.53. The fraction of sp³-hybridized carbons (Fsp3) is 0.100. The normalized spacial score (nSPS) is 12.2. The van der Waals surface area contributed by atoms with Crippen LogP contribution in [0.25, 0.3) is 0 Å². The van der Waals surface area contributed by atoms with E-state index in [-0.39, 0.29) is 0 Å². The highest BCUT2D eigenvalue weighted by molar-refractivity contribution is 5.74. The van der Waals surface area contributed by atoms with E-state index in [0.29, 0.717) is 0 Å². The van der Waals surface area contributed by atoms with Crippen LogP contribution in [0.5, 0.6) is 0 Å². The SMILES string of the molecule is C/C(N)=C/C=Nc1ccccc1. The molecule has 0 aliphatic rings. The monoisotopic (exact) mass is 160 g/mol. The Labute approximate surface area is 72.4 Å². The van der Waals surface area contributed by atoms with Crippen LogP contribution in [-0.2, 0) is 0 Å². The molecule has 1 aromatic carbocycles. The highest BCUT2D eigenvalue weighted by Gasteiger charge is 1.80. The Balaban J connectivity index is 2.64. The van der Waals surface area contributed by atoms with Gasteiger partial charge in [-0.3, -0.25) is 4.99 Å². The molecule has 0 amide bonds. The molecule has 0 fully saturated rings. The average molecular weight is 160 g/mol. The second-order valence-corrected chi connectivity index (χ2v) is 2.52. The Morgan fingerprint density at radius 3 is 2.58 bits per heavy atom. The summed E-state index contributed by atoms with van der Waals surface area (Å²) in [5.74, 6) is 0. The van der Waals surface area contributed by atoms with Gasteiger partial charge < -0.3 is 5.73 Å². The van der Waals surface area contributed by atoms with Crippen LogP contribution in [0.2, 0.25) is 0 Å². The van der Waals surface area contributed by atoms with Crippen molar-refractivity contribution in [1.82, 2.24) is 0 Å². The first-order chi connectivity index (χ1) is 5.79. The van der Waals surface area contributed by atoms with E-state index in [1.807, 2.05) is 37.3 Å². The zero-order chi connectivity index (χ0) is 8.81. The summed E-state index contributed by atoms with van der Waals surface area (Å²) in [5, 5.41) is 0. The maximum absolute atomic E-state index is 5.43. The van der Waals surface area contributed by atoms with E-state index in [4.69, 9.17) is 5.73 Å². The summed E-state index contributed by atoms with van der Waals surface area (Å²) in [7, 11) is 0. The highest BCUT2D eigenvalue weighted by atomic mass is 14.7. The van der Waals surface area contributed by atoms with E-state index in [9.17, 15) is 0 Å². The Hall–Kier alpha value is -1.57. The second kappa shape index (κ2) is 4.34. The number of allylic oxidation sites excluding steroid dienone is 2. The van der Waals surface area contributed by atoms with Crippen LogP contribution in [0.3, 0.4) is 0 Å². The van der Waals surface area contributed by atoms with Gasteiger partial charge in [0.1, 0.15) is 0 Å². The third-order valence-electron chi connectivity index (χ3n) is 1.32. The smallest absolute Gasteiger partial charge is 0.0629 e. The molecular weight excluding hydrogens is 148 g/mol. The van der Waals surface area contributed by atoms with Gasteiger partial charge in [-0.2, -0.15) is 0 Å². The zero-order valence-electron chi connectivity index (χ0n) is 7.07. The molecule has 1 aromatic rings. The van der Waals surface area contributed by atoms with Crippen LogP contribution >= 0.6 is 0 Å². The van der Waals surface area contributed by atoms with E-state index in [2.05, 4.69) is 4.99 Å². The van der Waals surface area contributed by atoms with Crippen molar-refractivity contribution >= 4 is 11.9 Å². The van der Waals surface area contributed by atoms with Gasteiger partial charge in [-0.15, -0.1) is 0 Å². The lowest BCUT2D eigenvalue weighted by Crippen LogP contribution is -1.89. The molecule has 0 saturated heterocycles. The lowest BCUT2D eigenvalue weighted by molar-refractivity contribution is 1.33. The van der Waals surface area contributed by atoms with Gasteiger partial charge in [0.25, 0.3) is 0 Å². The van der Waals surface area contributed by atoms with E-state index in [0.717, 1.165) is 11.4 Å². The van der Waals surface area contributed by atoms with E-state index in [1.165, 1.54) is 0 Å². The molecule has 0 aliphatic carbocycles. The first-order valence-corrected chi connectivity index (χ1v) is 3.80. The molecule has 0 heterocycles. The summed E-state index contributed by atoms with van der Waals surface area (Å²) in [6, 6.07) is 9.74. The van der Waals surface area contributed by atoms with Gasteiger partial charge in [0.05, 0.1) is 5.69 Å². The van der Waals surface area contributed by atoms with Crippen LogP contribution in [0.4, 0.5) is 5.69 Å². The molecule has 0 spiro atoms. The van der Waals surface area contributed by atoms with Crippen molar-refractivity contribution in [3.8, 4) is 0 Å². The number of para-hydroxylation sites is 1. The third-order valence-corrected chi connectivity index (χ3v) is 1.32. The average Bonchev–Trinajstić information content (AvgIpc) is 2.05. The maximum Gasteiger partial charge on any atom is 0.0629 e. The van der Waals surface area contributed by atoms with Gasteiger partial charge in [-0.1, -0.05) is 18.2 Å². The quantitative estimate of drug-likeness (QED) is 0.662. The van der Waals surface area contributed by atoms with Gasteiger partial charge in [0.15, 0.2) is 0 Å². The molecule has 0 atom stereocenters. The van der Waals surface area contributed by atoms with Crippen LogP contribution in [0, 0.1) is 0 Å². The number of rotatable bonds is 2. The Morgan fingerprint density at radius 2 is 2.00 bits per heavy atom. The largest absolute Gasteiger partial charge is 0.402 e. The predicted octanol–water partition coefficient (Wildman–Crippen LogP) is 2.25. The summed E-state index contributed by atoms with van der Waals surface area (Å²) in [5.41, 5.74) is 7.13. The zero-order valence-corrected chi connectivity index (χ0v) is 7.07. The topological polar surface area (TPSA) is 38.4 Å². The van der Waals surface area contributed by atoms with Crippen molar-refractivity contribution in [3.05, 3.63) is 42.1 Å². The summed E-state index contributed by atoms with van der Waals surface area (Å²) < 4.78 is 0. The molecule has 2 heteroatoms. The maximum atomic E-state index is 5.43. The van der Waals surface area contributed by atoms with Crippen molar-refractivity contribution in [2.75, 3.05) is 0 Å². The van der Waals surface area contributed by atoms with Crippen molar-refractivity contribution < 1.29 is 0 Å². The van der Waals surface area contributed by atoms with Gasteiger partial charge >= 0.3 is 0 Å². The molecule has 2 nitrogen and oxygen atoms in total. The number of aliphatic imine (C=N–C) groups is 1. The number of benzene rings is 1. The molecule has 0 saturated carbocycles. The molecule has 0 radical (unpaired) electrons. The first-order valence-electron chi connectivity index (χ1n) is 3.80. The van der Waals surface area contributed by atoms with Gasteiger partial charge in [-0.05, 0) is 25.1 Å². The molecular formula is C10H12N2. The summed E-state index contributed by atoms with van der Waals surface area (Å²) >= 11 is 0.